The molecule has 0 aliphatic carbocycles. The summed E-state index contributed by atoms with van der Waals surface area (Å²) in [5.41, 5.74) is 3.12. The number of amides is 1. The molecule has 4 aromatic rings. The molecule has 2 saturated heterocycles. The minimum atomic E-state index is -0.905. The molecule has 11 nitrogen and oxygen atoms in total. The third-order valence-corrected chi connectivity index (χ3v) is 7.43. The van der Waals surface area contributed by atoms with Gasteiger partial charge in [-0.25, -0.2) is 9.67 Å². The number of anilines is 1. The Labute approximate surface area is 227 Å². The molecule has 39 heavy (non-hydrogen) atoms. The number of carbonyl (C=O) groups is 1. The second kappa shape index (κ2) is 10.1. The maximum absolute atomic E-state index is 13.4. The standard InChI is InChI=1S/C28H34N8O3/c1-20-5-4-6-21(17-20)22-7-8-35(30-22)24-19-26(32-13-15-39-16-14-32)36-25(29-24)18-23(31-36)27(37)33-9-11-34(12-10-33)28(2,3)38/h4-8,17-19,38H,9-16H2,1-3H3. The van der Waals surface area contributed by atoms with E-state index in [-0.39, 0.29) is 5.91 Å². The van der Waals surface area contributed by atoms with Crippen molar-refractivity contribution in [3.8, 4) is 17.1 Å². The van der Waals surface area contributed by atoms with Crippen LogP contribution in [0.5, 0.6) is 0 Å². The van der Waals surface area contributed by atoms with E-state index in [2.05, 4.69) is 24.0 Å². The van der Waals surface area contributed by atoms with Gasteiger partial charge < -0.3 is 19.6 Å². The Morgan fingerprint density at radius 2 is 1.74 bits per heavy atom. The first-order valence-corrected chi connectivity index (χ1v) is 13.4. The molecule has 1 amide bonds. The van der Waals surface area contributed by atoms with Crippen molar-refractivity contribution in [2.75, 3.05) is 57.4 Å². The topological polar surface area (TPSA) is 104 Å². The van der Waals surface area contributed by atoms with Crippen LogP contribution >= 0.6 is 0 Å². The lowest BCUT2D eigenvalue weighted by Gasteiger charge is -2.40. The second-order valence-corrected chi connectivity index (χ2v) is 10.7. The minimum Gasteiger partial charge on any atom is -0.378 e. The van der Waals surface area contributed by atoms with E-state index in [1.165, 1.54) is 5.56 Å². The molecule has 1 aromatic carbocycles. The Kier molecular flexibility index (Phi) is 6.57. The van der Waals surface area contributed by atoms with Gasteiger partial charge >= 0.3 is 0 Å². The molecule has 3 aromatic heterocycles. The monoisotopic (exact) mass is 530 g/mol. The van der Waals surface area contributed by atoms with E-state index >= 15 is 0 Å². The second-order valence-electron chi connectivity index (χ2n) is 10.7. The molecule has 11 heteroatoms. The molecule has 6 rings (SSSR count). The molecule has 0 atom stereocenters. The highest BCUT2D eigenvalue weighted by atomic mass is 16.5. The van der Waals surface area contributed by atoms with Crippen LogP contribution in [0.3, 0.4) is 0 Å². The van der Waals surface area contributed by atoms with Crippen LogP contribution in [-0.4, -0.2) is 103 Å². The third kappa shape index (κ3) is 5.12. The number of aryl methyl sites for hydroxylation is 1. The van der Waals surface area contributed by atoms with Crippen molar-refractivity contribution in [3.63, 3.8) is 0 Å². The zero-order valence-corrected chi connectivity index (χ0v) is 22.6. The van der Waals surface area contributed by atoms with E-state index < -0.39 is 5.72 Å². The fourth-order valence-corrected chi connectivity index (χ4v) is 5.21. The van der Waals surface area contributed by atoms with E-state index in [4.69, 9.17) is 19.9 Å². The maximum Gasteiger partial charge on any atom is 0.274 e. The Morgan fingerprint density at radius 1 is 0.974 bits per heavy atom. The van der Waals surface area contributed by atoms with E-state index in [0.29, 0.717) is 69.6 Å². The summed E-state index contributed by atoms with van der Waals surface area (Å²) in [5, 5.41) is 19.8. The minimum absolute atomic E-state index is 0.133. The van der Waals surface area contributed by atoms with Crippen molar-refractivity contribution in [3.05, 3.63) is 59.9 Å². The molecule has 0 bridgehead atoms. The molecule has 2 fully saturated rings. The predicted octanol–water partition coefficient (Wildman–Crippen LogP) is 2.21. The predicted molar refractivity (Wildman–Crippen MR) is 147 cm³/mol. The van der Waals surface area contributed by atoms with Crippen LogP contribution in [-0.2, 0) is 4.74 Å². The summed E-state index contributed by atoms with van der Waals surface area (Å²) in [7, 11) is 0. The average molecular weight is 531 g/mol. The van der Waals surface area contributed by atoms with Crippen molar-refractivity contribution in [2.45, 2.75) is 26.5 Å². The number of aromatic nitrogens is 5. The quantitative estimate of drug-likeness (QED) is 0.419. The van der Waals surface area contributed by atoms with Gasteiger partial charge in [-0.3, -0.25) is 9.69 Å². The molecule has 1 N–H and O–H groups in total. The molecule has 5 heterocycles. The highest BCUT2D eigenvalue weighted by Gasteiger charge is 2.31. The molecule has 0 radical (unpaired) electrons. The fraction of sp³-hybridized carbons (Fsp3) is 0.429. The number of hydrogen-bond donors (Lipinski definition) is 1. The first-order valence-electron chi connectivity index (χ1n) is 13.4. The van der Waals surface area contributed by atoms with Gasteiger partial charge in [-0.1, -0.05) is 23.8 Å². The van der Waals surface area contributed by atoms with Gasteiger partial charge in [-0.2, -0.15) is 14.7 Å². The normalized spacial score (nSPS) is 17.2. The van der Waals surface area contributed by atoms with Gasteiger partial charge in [0, 0.05) is 63.2 Å². The molecule has 204 valence electrons. The summed E-state index contributed by atoms with van der Waals surface area (Å²) in [5.74, 6) is 1.36. The van der Waals surface area contributed by atoms with E-state index in [1.807, 2.05) is 35.4 Å². The summed E-state index contributed by atoms with van der Waals surface area (Å²) >= 11 is 0. The Bertz CT molecular complexity index is 1490. The average Bonchev–Trinajstić information content (AvgIpc) is 3.60. The van der Waals surface area contributed by atoms with Crippen LogP contribution in [0, 0.1) is 6.92 Å². The Hall–Kier alpha value is -3.80. The Morgan fingerprint density at radius 3 is 2.46 bits per heavy atom. The molecule has 0 unspecified atom stereocenters. The van der Waals surface area contributed by atoms with Crippen molar-refractivity contribution >= 4 is 17.4 Å². The summed E-state index contributed by atoms with van der Waals surface area (Å²) in [6, 6.07) is 14.0. The SMILES string of the molecule is Cc1cccc(-c2ccn(-c3cc(N4CCOCC4)n4nc(C(=O)N5CCN(C(C)(C)O)CC5)cc4n3)n2)c1. The number of hydrogen-bond acceptors (Lipinski definition) is 8. The van der Waals surface area contributed by atoms with Crippen molar-refractivity contribution < 1.29 is 14.6 Å². The van der Waals surface area contributed by atoms with Crippen LogP contribution in [0.15, 0.2) is 48.7 Å². The molecule has 2 aliphatic heterocycles. The number of ether oxygens (including phenoxy) is 1. The van der Waals surface area contributed by atoms with Crippen LogP contribution in [0.25, 0.3) is 22.7 Å². The van der Waals surface area contributed by atoms with Crippen LogP contribution in [0.2, 0.25) is 0 Å². The smallest absolute Gasteiger partial charge is 0.274 e. The lowest BCUT2D eigenvalue weighted by molar-refractivity contribution is -0.0930. The Balaban J connectivity index is 1.34. The van der Waals surface area contributed by atoms with Gasteiger partial charge in [-0.05, 0) is 32.9 Å². The number of nitrogens with zero attached hydrogens (tertiary/aromatic N) is 8. The number of rotatable bonds is 5. The number of morpholine rings is 1. The molecular formula is C28H34N8O3. The first-order chi connectivity index (χ1) is 18.8. The lowest BCUT2D eigenvalue weighted by atomic mass is 10.1. The lowest BCUT2D eigenvalue weighted by Crippen LogP contribution is -2.55. The molecular weight excluding hydrogens is 496 g/mol. The van der Waals surface area contributed by atoms with Crippen LogP contribution < -0.4 is 4.90 Å². The summed E-state index contributed by atoms with van der Waals surface area (Å²) in [4.78, 5) is 24.3. The molecule has 2 aliphatic rings. The summed E-state index contributed by atoms with van der Waals surface area (Å²) in [6.45, 7) is 10.5. The fourth-order valence-electron chi connectivity index (χ4n) is 5.21. The summed E-state index contributed by atoms with van der Waals surface area (Å²) < 4.78 is 9.10. The zero-order chi connectivity index (χ0) is 27.1. The van der Waals surface area contributed by atoms with Gasteiger partial charge in [0.15, 0.2) is 17.2 Å². The van der Waals surface area contributed by atoms with Crippen molar-refractivity contribution in [1.82, 2.24) is 34.2 Å². The van der Waals surface area contributed by atoms with E-state index in [9.17, 15) is 9.90 Å². The van der Waals surface area contributed by atoms with Gasteiger partial charge in [0.1, 0.15) is 11.5 Å². The maximum atomic E-state index is 13.4. The van der Waals surface area contributed by atoms with Gasteiger partial charge in [0.05, 0.1) is 18.9 Å². The van der Waals surface area contributed by atoms with Crippen LogP contribution in [0.4, 0.5) is 5.82 Å². The molecule has 0 saturated carbocycles. The highest BCUT2D eigenvalue weighted by molar-refractivity contribution is 5.93. The number of benzene rings is 1. The van der Waals surface area contributed by atoms with Gasteiger partial charge in [0.2, 0.25) is 0 Å². The number of aliphatic hydroxyl groups is 1. The first kappa shape index (κ1) is 25.5. The van der Waals surface area contributed by atoms with E-state index in [0.717, 1.165) is 17.1 Å². The van der Waals surface area contributed by atoms with Crippen molar-refractivity contribution in [2.24, 2.45) is 0 Å². The summed E-state index contributed by atoms with van der Waals surface area (Å²) in [6.07, 6.45) is 1.91. The number of fused-ring (bicyclic) bond motifs is 1. The number of carbonyl (C=O) groups excluding carboxylic acids is 1. The van der Waals surface area contributed by atoms with E-state index in [1.54, 1.807) is 34.0 Å². The number of piperazine rings is 1. The third-order valence-electron chi connectivity index (χ3n) is 7.43. The molecule has 0 spiro atoms. The highest BCUT2D eigenvalue weighted by Crippen LogP contribution is 2.24. The van der Waals surface area contributed by atoms with Gasteiger partial charge in [0.25, 0.3) is 5.91 Å². The largest absolute Gasteiger partial charge is 0.378 e. The van der Waals surface area contributed by atoms with Crippen LogP contribution in [0.1, 0.15) is 29.9 Å². The van der Waals surface area contributed by atoms with Crippen molar-refractivity contribution in [1.29, 1.82) is 0 Å². The zero-order valence-electron chi connectivity index (χ0n) is 22.6. The van der Waals surface area contributed by atoms with Gasteiger partial charge in [-0.15, -0.1) is 0 Å².